The third-order valence-electron chi connectivity index (χ3n) is 5.99. The highest BCUT2D eigenvalue weighted by Crippen LogP contribution is 2.33. The number of methoxy groups -OCH3 is 1. The van der Waals surface area contributed by atoms with E-state index in [0.29, 0.717) is 11.2 Å². The number of hydrogen-bond acceptors (Lipinski definition) is 4. The Morgan fingerprint density at radius 1 is 1.18 bits per heavy atom. The van der Waals surface area contributed by atoms with Gasteiger partial charge in [-0.2, -0.15) is 0 Å². The predicted molar refractivity (Wildman–Crippen MR) is 148 cm³/mol. The van der Waals surface area contributed by atoms with Crippen molar-refractivity contribution in [1.29, 1.82) is 0 Å². The van der Waals surface area contributed by atoms with Crippen molar-refractivity contribution in [3.05, 3.63) is 66.2 Å². The number of alkyl halides is 1. The van der Waals surface area contributed by atoms with Crippen molar-refractivity contribution >= 4 is 21.8 Å². The number of likely N-dealkylation sites (tertiary alicyclic amines) is 1. The Morgan fingerprint density at radius 3 is 2.35 bits per heavy atom. The molecule has 1 aromatic rings. The normalized spacial score (nSPS) is 22.4. The van der Waals surface area contributed by atoms with Gasteiger partial charge in [-0.15, -0.1) is 0 Å². The van der Waals surface area contributed by atoms with Crippen molar-refractivity contribution in [3.63, 3.8) is 0 Å². The van der Waals surface area contributed by atoms with E-state index in [1.54, 1.807) is 7.11 Å². The van der Waals surface area contributed by atoms with Crippen LogP contribution >= 0.6 is 15.9 Å². The van der Waals surface area contributed by atoms with Gasteiger partial charge in [0, 0.05) is 36.9 Å². The maximum atomic E-state index is 12.9. The molecule has 1 unspecified atom stereocenters. The predicted octanol–water partition coefficient (Wildman–Crippen LogP) is 6.27. The van der Waals surface area contributed by atoms with E-state index < -0.39 is 0 Å². The van der Waals surface area contributed by atoms with Crippen LogP contribution in [0.15, 0.2) is 60.6 Å². The molecule has 2 aliphatic heterocycles. The molecular formula is C28H44BrN3O2. The van der Waals surface area contributed by atoms with Gasteiger partial charge in [-0.05, 0) is 50.1 Å². The number of piperidine rings is 1. The fourth-order valence-electron chi connectivity index (χ4n) is 4.26. The minimum absolute atomic E-state index is 0.166. The summed E-state index contributed by atoms with van der Waals surface area (Å²) in [5.41, 5.74) is 2.09. The summed E-state index contributed by atoms with van der Waals surface area (Å²) in [4.78, 5) is 17.4. The van der Waals surface area contributed by atoms with Crippen molar-refractivity contribution in [2.45, 2.75) is 70.7 Å². The molecule has 0 aromatic heterocycles. The highest BCUT2D eigenvalue weighted by molar-refractivity contribution is 9.09. The Labute approximate surface area is 216 Å². The van der Waals surface area contributed by atoms with Crippen molar-refractivity contribution < 1.29 is 9.53 Å². The molecule has 5 nitrogen and oxygen atoms in total. The van der Waals surface area contributed by atoms with Crippen LogP contribution in [0.25, 0.3) is 0 Å². The van der Waals surface area contributed by atoms with Crippen LogP contribution in [0.3, 0.4) is 0 Å². The Kier molecular flexibility index (Phi) is 13.7. The molecule has 1 saturated heterocycles. The topological polar surface area (TPSA) is 44.8 Å². The first-order valence-corrected chi connectivity index (χ1v) is 13.4. The lowest BCUT2D eigenvalue weighted by Crippen LogP contribution is -2.56. The van der Waals surface area contributed by atoms with Crippen LogP contribution in [0, 0.1) is 0 Å². The zero-order chi connectivity index (χ0) is 25.6. The average Bonchev–Trinajstić information content (AvgIpc) is 2.88. The number of carbonyl (C=O) groups is 1. The van der Waals surface area contributed by atoms with Crippen LogP contribution in [0.4, 0.5) is 0 Å². The van der Waals surface area contributed by atoms with Gasteiger partial charge in [0.25, 0.3) is 0 Å². The number of amides is 1. The van der Waals surface area contributed by atoms with Gasteiger partial charge in [0.1, 0.15) is 5.75 Å². The molecule has 2 heterocycles. The number of hydrogen-bond donors (Lipinski definition) is 1. The molecule has 1 aromatic carbocycles. The summed E-state index contributed by atoms with van der Waals surface area (Å²) in [7, 11) is 3.75. The SMILES string of the molecule is C/C=C1\N(C)/C=C/C(Br)C/C=C/NC12CCN(C(=O)Cc1ccc(OC)cc1)CC2.CC.CC. The Balaban J connectivity index is 0.00000137. The first-order valence-electron chi connectivity index (χ1n) is 12.5. The van der Waals surface area contributed by atoms with Gasteiger partial charge in [0.05, 0.1) is 19.1 Å². The molecule has 190 valence electrons. The van der Waals surface area contributed by atoms with Crippen LogP contribution in [0.5, 0.6) is 5.75 Å². The highest BCUT2D eigenvalue weighted by Gasteiger charge is 2.39. The van der Waals surface area contributed by atoms with Gasteiger partial charge in [0.2, 0.25) is 5.91 Å². The van der Waals surface area contributed by atoms with Crippen molar-refractivity contribution in [2.75, 3.05) is 27.2 Å². The van der Waals surface area contributed by atoms with Gasteiger partial charge in [-0.3, -0.25) is 4.79 Å². The van der Waals surface area contributed by atoms with E-state index in [1.165, 1.54) is 5.70 Å². The number of ether oxygens (including phenoxy) is 1. The minimum Gasteiger partial charge on any atom is -0.497 e. The third kappa shape index (κ3) is 8.23. The summed E-state index contributed by atoms with van der Waals surface area (Å²) in [6.45, 7) is 11.6. The van der Waals surface area contributed by atoms with Crippen LogP contribution in [-0.2, 0) is 11.2 Å². The number of allylic oxidation sites excluding steroid dienone is 3. The van der Waals surface area contributed by atoms with Crippen LogP contribution in [-0.4, -0.2) is 53.3 Å². The van der Waals surface area contributed by atoms with E-state index in [2.05, 4.69) is 70.7 Å². The second kappa shape index (κ2) is 15.6. The van der Waals surface area contributed by atoms with Crippen LogP contribution in [0.1, 0.15) is 59.4 Å². The Morgan fingerprint density at radius 2 is 1.79 bits per heavy atom. The molecule has 3 rings (SSSR count). The second-order valence-electron chi connectivity index (χ2n) is 7.91. The summed E-state index contributed by atoms with van der Waals surface area (Å²) < 4.78 is 5.20. The zero-order valence-corrected chi connectivity index (χ0v) is 23.7. The van der Waals surface area contributed by atoms with Gasteiger partial charge in [-0.1, -0.05) is 74.0 Å². The number of nitrogens with one attached hydrogen (secondary N) is 1. The Hall–Kier alpha value is -2.21. The van der Waals surface area contributed by atoms with E-state index in [-0.39, 0.29) is 11.4 Å². The molecule has 34 heavy (non-hydrogen) atoms. The molecule has 1 fully saturated rings. The minimum atomic E-state index is -0.166. The molecule has 0 bridgehead atoms. The number of likely N-dealkylation sites (N-methyl/N-ethyl adjacent to an activating group) is 1. The molecule has 1 amide bonds. The lowest BCUT2D eigenvalue weighted by atomic mass is 9.83. The summed E-state index contributed by atoms with van der Waals surface area (Å²) in [5, 5.41) is 3.68. The molecule has 1 N–H and O–H groups in total. The molecule has 1 atom stereocenters. The van der Waals surface area contributed by atoms with Gasteiger partial charge < -0.3 is 19.9 Å². The summed E-state index contributed by atoms with van der Waals surface area (Å²) >= 11 is 3.69. The average molecular weight is 535 g/mol. The number of benzene rings is 1. The molecule has 0 aliphatic carbocycles. The fourth-order valence-corrected chi connectivity index (χ4v) is 4.61. The smallest absolute Gasteiger partial charge is 0.226 e. The Bertz CT molecular complexity index is 809. The monoisotopic (exact) mass is 533 g/mol. The number of rotatable bonds is 3. The molecule has 0 radical (unpaired) electrons. The van der Waals surface area contributed by atoms with Crippen molar-refractivity contribution in [2.24, 2.45) is 0 Å². The number of nitrogens with zero attached hydrogens (tertiary/aromatic N) is 2. The first-order chi connectivity index (χ1) is 16.5. The van der Waals surface area contributed by atoms with Gasteiger partial charge >= 0.3 is 0 Å². The largest absolute Gasteiger partial charge is 0.497 e. The summed E-state index contributed by atoms with van der Waals surface area (Å²) in [5.74, 6) is 0.993. The van der Waals surface area contributed by atoms with E-state index in [1.807, 2.05) is 56.9 Å². The third-order valence-corrected chi connectivity index (χ3v) is 6.66. The maximum absolute atomic E-state index is 12.9. The van der Waals surface area contributed by atoms with E-state index >= 15 is 0 Å². The standard InChI is InChI=1S/C24H32BrN3O2.2C2H6/c1-4-22-24(26-14-5-6-20(25)11-15-27(22)2)12-16-28(17-13-24)23(29)18-19-7-9-21(30-3)10-8-19;2*1-2/h4-5,7-11,14-15,20,26H,6,12-13,16-18H2,1-3H3;2*1-2H3/b14-5+,15-11+,22-4-;;. The zero-order valence-electron chi connectivity index (χ0n) is 22.1. The van der Waals surface area contributed by atoms with Crippen molar-refractivity contribution in [1.82, 2.24) is 15.1 Å². The van der Waals surface area contributed by atoms with Crippen LogP contribution in [0.2, 0.25) is 0 Å². The van der Waals surface area contributed by atoms with E-state index in [9.17, 15) is 4.79 Å². The van der Waals surface area contributed by atoms with Gasteiger partial charge in [-0.25, -0.2) is 0 Å². The van der Waals surface area contributed by atoms with Gasteiger partial charge in [0.15, 0.2) is 0 Å². The lowest BCUT2D eigenvalue weighted by molar-refractivity contribution is -0.132. The second-order valence-corrected chi connectivity index (χ2v) is 9.09. The highest BCUT2D eigenvalue weighted by atomic mass is 79.9. The maximum Gasteiger partial charge on any atom is 0.226 e. The number of carbonyl (C=O) groups excluding carboxylic acids is 1. The first kappa shape index (κ1) is 29.8. The van der Waals surface area contributed by atoms with Crippen LogP contribution < -0.4 is 10.1 Å². The van der Waals surface area contributed by atoms with E-state index in [4.69, 9.17) is 4.74 Å². The van der Waals surface area contributed by atoms with Crippen molar-refractivity contribution in [3.8, 4) is 5.75 Å². The fraction of sp³-hybridized carbons (Fsp3) is 0.536. The number of halogens is 1. The van der Waals surface area contributed by atoms with E-state index in [0.717, 1.165) is 43.7 Å². The molecule has 6 heteroatoms. The molecular weight excluding hydrogens is 490 g/mol. The quantitative estimate of drug-likeness (QED) is 0.465. The summed E-state index contributed by atoms with van der Waals surface area (Å²) in [6.07, 6.45) is 13.9. The lowest BCUT2D eigenvalue weighted by Gasteiger charge is -2.46. The summed E-state index contributed by atoms with van der Waals surface area (Å²) in [6, 6.07) is 7.74. The molecule has 2 aliphatic rings. The molecule has 0 saturated carbocycles. The molecule has 1 spiro atoms.